The third-order valence-corrected chi connectivity index (χ3v) is 6.45. The number of rotatable bonds is 3. The Labute approximate surface area is 125 Å². The second kappa shape index (κ2) is 4.63. The van der Waals surface area contributed by atoms with Crippen LogP contribution in [0.3, 0.4) is 0 Å². The fourth-order valence-corrected chi connectivity index (χ4v) is 4.94. The summed E-state index contributed by atoms with van der Waals surface area (Å²) in [6.07, 6.45) is 7.25. The maximum atomic E-state index is 12.4. The monoisotopic (exact) mass is 305 g/mol. The summed E-state index contributed by atoms with van der Waals surface area (Å²) < 4.78 is 1.11. The van der Waals surface area contributed by atoms with Crippen LogP contribution >= 0.6 is 23.1 Å². The van der Waals surface area contributed by atoms with Crippen molar-refractivity contribution < 1.29 is 4.79 Å². The molecule has 0 spiro atoms. The van der Waals surface area contributed by atoms with Crippen LogP contribution in [0.1, 0.15) is 28.8 Å². The number of carbonyl (C=O) groups excluding carboxylic acids is 1. The van der Waals surface area contributed by atoms with Crippen LogP contribution in [0.4, 0.5) is 0 Å². The van der Waals surface area contributed by atoms with Crippen LogP contribution in [0.25, 0.3) is 10.6 Å². The van der Waals surface area contributed by atoms with Gasteiger partial charge < -0.3 is 5.32 Å². The molecule has 104 valence electrons. The van der Waals surface area contributed by atoms with Crippen molar-refractivity contribution in [2.45, 2.75) is 29.5 Å². The molecule has 2 aromatic heterocycles. The highest BCUT2D eigenvalue weighted by atomic mass is 32.2. The number of carbonyl (C=O) groups is 1. The van der Waals surface area contributed by atoms with Crippen molar-refractivity contribution in [1.82, 2.24) is 15.5 Å². The normalized spacial score (nSPS) is 21.6. The highest BCUT2D eigenvalue weighted by molar-refractivity contribution is 8.00. The molecular weight excluding hydrogens is 290 g/mol. The largest absolute Gasteiger partial charge is 0.349 e. The second-order valence-electron chi connectivity index (χ2n) is 5.37. The smallest absolute Gasteiger partial charge is 0.253 e. The molecule has 0 radical (unpaired) electrons. The van der Waals surface area contributed by atoms with Crippen molar-refractivity contribution in [3.05, 3.63) is 23.4 Å². The van der Waals surface area contributed by atoms with Crippen molar-refractivity contribution in [3.8, 4) is 10.6 Å². The molecule has 2 aromatic rings. The van der Waals surface area contributed by atoms with Gasteiger partial charge in [0.2, 0.25) is 0 Å². The predicted octanol–water partition coefficient (Wildman–Crippen LogP) is 2.92. The molecule has 1 aliphatic carbocycles. The minimum atomic E-state index is 0.106. The lowest BCUT2D eigenvalue weighted by Gasteiger charge is -2.24. The van der Waals surface area contributed by atoms with Gasteiger partial charge in [0.05, 0.1) is 20.3 Å². The number of aromatic amines is 1. The highest BCUT2D eigenvalue weighted by Gasteiger charge is 2.39. The maximum absolute atomic E-state index is 12.4. The Hall–Kier alpha value is -1.27. The van der Waals surface area contributed by atoms with Crippen LogP contribution in [0.5, 0.6) is 0 Å². The summed E-state index contributed by atoms with van der Waals surface area (Å²) in [5.41, 5.74) is 3.13. The first-order valence-corrected chi connectivity index (χ1v) is 8.82. The van der Waals surface area contributed by atoms with Crippen LogP contribution in [0.15, 0.2) is 16.5 Å². The van der Waals surface area contributed by atoms with E-state index in [-0.39, 0.29) is 5.91 Å². The number of aromatic nitrogens is 2. The average Bonchev–Trinajstić information content (AvgIpc) is 3.02. The number of nitrogens with zero attached hydrogens (tertiary/aromatic N) is 1. The van der Waals surface area contributed by atoms with Gasteiger partial charge in [-0.05, 0) is 43.1 Å². The highest BCUT2D eigenvalue weighted by Crippen LogP contribution is 2.45. The van der Waals surface area contributed by atoms with Gasteiger partial charge in [-0.15, -0.1) is 23.1 Å². The molecule has 0 aromatic carbocycles. The second-order valence-corrected chi connectivity index (χ2v) is 7.46. The molecule has 6 heteroatoms. The van der Waals surface area contributed by atoms with Crippen LogP contribution < -0.4 is 5.32 Å². The number of thiophene rings is 1. The summed E-state index contributed by atoms with van der Waals surface area (Å²) >= 11 is 3.36. The first-order valence-electron chi connectivity index (χ1n) is 6.78. The van der Waals surface area contributed by atoms with Crippen molar-refractivity contribution in [1.29, 1.82) is 0 Å². The number of amides is 1. The third kappa shape index (κ3) is 1.90. The summed E-state index contributed by atoms with van der Waals surface area (Å²) in [5, 5.41) is 10.3. The third-order valence-electron chi connectivity index (χ3n) is 4.06. The summed E-state index contributed by atoms with van der Waals surface area (Å²) in [4.78, 5) is 13.6. The standard InChI is InChI=1S/C14H15N3OS2/c1-19-14-11-8(12(20-14)9-4-5-15-17-9)6-10(7-2-3-7)16-13(11)18/h4-5,7,10H,2-3,6H2,1H3,(H,15,17)(H,16,18). The first kappa shape index (κ1) is 12.5. The fraction of sp³-hybridized carbons (Fsp3) is 0.429. The van der Waals surface area contributed by atoms with E-state index in [2.05, 4.69) is 15.5 Å². The van der Waals surface area contributed by atoms with Crippen molar-refractivity contribution >= 4 is 29.0 Å². The summed E-state index contributed by atoms with van der Waals surface area (Å²) in [5.74, 6) is 0.786. The lowest BCUT2D eigenvalue weighted by Crippen LogP contribution is -2.42. The van der Waals surface area contributed by atoms with Gasteiger partial charge in [-0.3, -0.25) is 9.89 Å². The number of thioether (sulfide) groups is 1. The Balaban J connectivity index is 1.84. The summed E-state index contributed by atoms with van der Waals surface area (Å²) in [6, 6.07) is 2.30. The maximum Gasteiger partial charge on any atom is 0.253 e. The quantitative estimate of drug-likeness (QED) is 0.857. The van der Waals surface area contributed by atoms with Gasteiger partial charge in [0.15, 0.2) is 0 Å². The van der Waals surface area contributed by atoms with E-state index in [0.29, 0.717) is 12.0 Å². The Kier molecular flexibility index (Phi) is 2.89. The Morgan fingerprint density at radius 2 is 2.30 bits per heavy atom. The first-order chi connectivity index (χ1) is 9.78. The van der Waals surface area contributed by atoms with Gasteiger partial charge in [0, 0.05) is 12.2 Å². The topological polar surface area (TPSA) is 57.8 Å². The molecule has 0 bridgehead atoms. The molecule has 4 rings (SSSR count). The average molecular weight is 305 g/mol. The van der Waals surface area contributed by atoms with E-state index in [1.165, 1.54) is 23.3 Å². The van der Waals surface area contributed by atoms with Gasteiger partial charge in [-0.25, -0.2) is 0 Å². The van der Waals surface area contributed by atoms with E-state index < -0.39 is 0 Å². The zero-order valence-corrected chi connectivity index (χ0v) is 12.7. The Morgan fingerprint density at radius 3 is 2.95 bits per heavy atom. The lowest BCUT2D eigenvalue weighted by atomic mass is 9.94. The van der Waals surface area contributed by atoms with E-state index in [1.54, 1.807) is 29.3 Å². The minimum absolute atomic E-state index is 0.106. The van der Waals surface area contributed by atoms with Crippen LogP contribution in [-0.2, 0) is 6.42 Å². The van der Waals surface area contributed by atoms with Crippen LogP contribution in [0.2, 0.25) is 0 Å². The van der Waals surface area contributed by atoms with Gasteiger partial charge >= 0.3 is 0 Å². The lowest BCUT2D eigenvalue weighted by molar-refractivity contribution is 0.0917. The zero-order valence-electron chi connectivity index (χ0n) is 11.1. The molecule has 1 aliphatic heterocycles. The molecule has 1 amide bonds. The molecule has 1 atom stereocenters. The van der Waals surface area contributed by atoms with E-state index in [4.69, 9.17) is 0 Å². The molecule has 3 heterocycles. The van der Waals surface area contributed by atoms with E-state index >= 15 is 0 Å². The molecule has 1 fully saturated rings. The molecule has 2 aliphatic rings. The van der Waals surface area contributed by atoms with E-state index in [0.717, 1.165) is 21.9 Å². The number of nitrogens with one attached hydrogen (secondary N) is 2. The van der Waals surface area contributed by atoms with Gasteiger partial charge in [0.25, 0.3) is 5.91 Å². The zero-order chi connectivity index (χ0) is 13.7. The summed E-state index contributed by atoms with van der Waals surface area (Å²) in [6.45, 7) is 0. The van der Waals surface area contributed by atoms with Gasteiger partial charge in [0.1, 0.15) is 0 Å². The number of hydrogen-bond donors (Lipinski definition) is 2. The van der Waals surface area contributed by atoms with E-state index in [9.17, 15) is 4.79 Å². The molecule has 1 unspecified atom stereocenters. The van der Waals surface area contributed by atoms with Gasteiger partial charge in [-0.2, -0.15) is 5.10 Å². The SMILES string of the molecule is CSc1sc(-c2ccn[nH]2)c2c1C(=O)NC(C1CC1)C2. The van der Waals surface area contributed by atoms with Crippen molar-refractivity contribution in [2.75, 3.05) is 6.26 Å². The molecular formula is C14H15N3OS2. The van der Waals surface area contributed by atoms with Gasteiger partial charge in [-0.1, -0.05) is 0 Å². The van der Waals surface area contributed by atoms with Crippen LogP contribution in [0, 0.1) is 5.92 Å². The van der Waals surface area contributed by atoms with Crippen LogP contribution in [-0.4, -0.2) is 28.4 Å². The molecule has 0 saturated heterocycles. The summed E-state index contributed by atoms with van der Waals surface area (Å²) in [7, 11) is 0. The molecule has 2 N–H and O–H groups in total. The molecule has 20 heavy (non-hydrogen) atoms. The fourth-order valence-electron chi connectivity index (χ4n) is 2.90. The number of hydrogen-bond acceptors (Lipinski definition) is 4. The number of fused-ring (bicyclic) bond motifs is 1. The predicted molar refractivity (Wildman–Crippen MR) is 81.4 cm³/mol. The van der Waals surface area contributed by atoms with Crippen molar-refractivity contribution in [2.24, 2.45) is 5.92 Å². The molecule has 1 saturated carbocycles. The Morgan fingerprint density at radius 1 is 1.45 bits per heavy atom. The Bertz CT molecular complexity index is 658. The van der Waals surface area contributed by atoms with E-state index in [1.807, 2.05) is 12.3 Å². The minimum Gasteiger partial charge on any atom is -0.349 e. The molecule has 4 nitrogen and oxygen atoms in total. The number of H-pyrrole nitrogens is 1. The van der Waals surface area contributed by atoms with Crippen molar-refractivity contribution in [3.63, 3.8) is 0 Å².